The Labute approximate surface area is 170 Å². The molecule has 29 heavy (non-hydrogen) atoms. The van der Waals surface area contributed by atoms with Crippen LogP contribution >= 0.6 is 0 Å². The fraction of sp³-hybridized carbons (Fsp3) is 0.550. The van der Waals surface area contributed by atoms with Crippen molar-refractivity contribution in [1.82, 2.24) is 10.2 Å². The number of nitrogens with one attached hydrogen (secondary N) is 1. The molecule has 0 unspecified atom stereocenters. The highest BCUT2D eigenvalue weighted by Crippen LogP contribution is 2.31. The number of carbonyl (C=O) groups excluding carboxylic acids is 1. The molecule has 1 aromatic rings. The van der Waals surface area contributed by atoms with Crippen molar-refractivity contribution in [2.45, 2.75) is 50.5 Å². The van der Waals surface area contributed by atoms with Gasteiger partial charge in [-0.15, -0.1) is 0 Å². The van der Waals surface area contributed by atoms with E-state index in [0.717, 1.165) is 38.8 Å². The Kier molecular flexibility index (Phi) is 5.75. The monoisotopic (exact) mass is 399 g/mol. The third kappa shape index (κ3) is 4.39. The van der Waals surface area contributed by atoms with Gasteiger partial charge in [-0.05, 0) is 49.7 Å². The normalized spacial score (nSPS) is 26.0. The Hall–Kier alpha value is -2.55. The number of aliphatic imine (C=N–C) groups is 1. The Bertz CT molecular complexity index is 809. The van der Waals surface area contributed by atoms with E-state index in [2.05, 4.69) is 15.2 Å². The Morgan fingerprint density at radius 1 is 1.28 bits per heavy atom. The molecule has 0 spiro atoms. The molecule has 2 aliphatic heterocycles. The molecule has 9 heteroatoms. The lowest BCUT2D eigenvalue weighted by molar-refractivity contribution is -0.122. The van der Waals surface area contributed by atoms with Gasteiger partial charge in [-0.3, -0.25) is 9.79 Å². The third-order valence-corrected chi connectivity index (χ3v) is 6.17. The van der Waals surface area contributed by atoms with Gasteiger partial charge >= 0.3 is 13.1 Å². The molecule has 3 aliphatic rings. The molecule has 1 saturated carbocycles. The van der Waals surface area contributed by atoms with Crippen molar-refractivity contribution < 1.29 is 24.4 Å². The summed E-state index contributed by atoms with van der Waals surface area (Å²) < 4.78 is 5.44. The molecule has 1 atom stereocenters. The Morgan fingerprint density at radius 2 is 2.07 bits per heavy atom. The number of nitrogens with zero attached hydrogens (tertiary/aromatic N) is 2. The number of amides is 1. The number of carbonyl (C=O) groups is 2. The van der Waals surface area contributed by atoms with Crippen molar-refractivity contribution in [2.75, 3.05) is 13.1 Å². The number of carboxylic acid groups (broad SMARTS) is 1. The highest BCUT2D eigenvalue weighted by atomic mass is 16.5. The molecule has 1 fully saturated rings. The molecule has 2 heterocycles. The van der Waals surface area contributed by atoms with Gasteiger partial charge in [-0.1, -0.05) is 12.1 Å². The molecular weight excluding hydrogens is 373 g/mol. The second kappa shape index (κ2) is 8.45. The van der Waals surface area contributed by atoms with E-state index in [1.54, 1.807) is 12.1 Å². The first kappa shape index (κ1) is 19.8. The van der Waals surface area contributed by atoms with Gasteiger partial charge in [-0.2, -0.15) is 0 Å². The van der Waals surface area contributed by atoms with Crippen LogP contribution in [0.1, 0.15) is 48.0 Å². The van der Waals surface area contributed by atoms with E-state index in [1.165, 1.54) is 6.07 Å². The van der Waals surface area contributed by atoms with Gasteiger partial charge in [0.2, 0.25) is 5.91 Å². The molecule has 1 amide bonds. The molecule has 3 N–H and O–H groups in total. The smallest absolute Gasteiger partial charge is 0.534 e. The van der Waals surface area contributed by atoms with Crippen molar-refractivity contribution in [2.24, 2.45) is 10.9 Å². The van der Waals surface area contributed by atoms with Crippen molar-refractivity contribution in [3.63, 3.8) is 0 Å². The van der Waals surface area contributed by atoms with Gasteiger partial charge in [0.05, 0.1) is 24.4 Å². The number of benzene rings is 1. The zero-order chi connectivity index (χ0) is 20.4. The fourth-order valence-electron chi connectivity index (χ4n) is 4.60. The molecule has 1 aliphatic carbocycles. The quantitative estimate of drug-likeness (QED) is 0.640. The molecule has 8 nitrogen and oxygen atoms in total. The molecule has 0 bridgehead atoms. The zero-order valence-corrected chi connectivity index (χ0v) is 16.3. The molecule has 4 rings (SSSR count). The Balaban J connectivity index is 1.29. The summed E-state index contributed by atoms with van der Waals surface area (Å²) in [7, 11) is -1.27. The maximum atomic E-state index is 12.5. The molecule has 154 valence electrons. The van der Waals surface area contributed by atoms with E-state index in [1.807, 2.05) is 6.34 Å². The number of rotatable bonds is 5. The maximum Gasteiger partial charge on any atom is 0.547 e. The van der Waals surface area contributed by atoms with Crippen LogP contribution in [0.4, 0.5) is 0 Å². The first-order chi connectivity index (χ1) is 14.0. The summed E-state index contributed by atoms with van der Waals surface area (Å²) in [6.45, 7) is 1.88. The Morgan fingerprint density at radius 3 is 2.76 bits per heavy atom. The van der Waals surface area contributed by atoms with Crippen molar-refractivity contribution in [1.29, 1.82) is 0 Å². The molecule has 0 radical (unpaired) electrons. The van der Waals surface area contributed by atoms with Gasteiger partial charge < -0.3 is 25.0 Å². The van der Waals surface area contributed by atoms with Crippen molar-refractivity contribution in [3.05, 3.63) is 29.3 Å². The SMILES string of the molecule is O=C(CC1CCC(N2C=NCC2)CC1)N[C@H]1Cc2cccc(C(=O)O)c2OB1O. The summed E-state index contributed by atoms with van der Waals surface area (Å²) in [6.07, 6.45) is 6.90. The van der Waals surface area contributed by atoms with Crippen LogP contribution in [0.3, 0.4) is 0 Å². The van der Waals surface area contributed by atoms with E-state index in [0.29, 0.717) is 30.4 Å². The lowest BCUT2D eigenvalue weighted by Gasteiger charge is -2.34. The third-order valence-electron chi connectivity index (χ3n) is 6.17. The van der Waals surface area contributed by atoms with Gasteiger partial charge in [-0.25, -0.2) is 4.79 Å². The van der Waals surface area contributed by atoms with Crippen LogP contribution in [0.2, 0.25) is 0 Å². The van der Waals surface area contributed by atoms with Gasteiger partial charge in [0.15, 0.2) is 0 Å². The summed E-state index contributed by atoms with van der Waals surface area (Å²) in [6, 6.07) is 5.38. The number of fused-ring (bicyclic) bond motifs is 1. The van der Waals surface area contributed by atoms with Gasteiger partial charge in [0, 0.05) is 19.0 Å². The number of hydrogen-bond donors (Lipinski definition) is 3. The standard InChI is InChI=1S/C20H26BN3O5/c25-18(10-13-4-6-15(7-5-13)24-9-8-22-12-24)23-17-11-14-2-1-3-16(20(26)27)19(14)29-21(17)28/h1-3,12-13,15,17,28H,4-11H2,(H,23,25)(H,26,27)/t13?,15?,17-/m0/s1. The minimum Gasteiger partial charge on any atom is -0.534 e. The van der Waals surface area contributed by atoms with Crippen LogP contribution in [-0.2, 0) is 11.2 Å². The van der Waals surface area contributed by atoms with Crippen LogP contribution < -0.4 is 9.97 Å². The van der Waals surface area contributed by atoms with Crippen LogP contribution in [0, 0.1) is 5.92 Å². The van der Waals surface area contributed by atoms with E-state index in [-0.39, 0.29) is 17.2 Å². The first-order valence-corrected chi connectivity index (χ1v) is 10.3. The average Bonchev–Trinajstić information content (AvgIpc) is 3.23. The zero-order valence-electron chi connectivity index (χ0n) is 16.3. The summed E-state index contributed by atoms with van der Waals surface area (Å²) in [4.78, 5) is 30.5. The maximum absolute atomic E-state index is 12.5. The van der Waals surface area contributed by atoms with Crippen molar-refractivity contribution in [3.8, 4) is 5.75 Å². The molecule has 0 saturated heterocycles. The molecule has 0 aromatic heterocycles. The first-order valence-electron chi connectivity index (χ1n) is 10.3. The van der Waals surface area contributed by atoms with Crippen LogP contribution in [0.25, 0.3) is 0 Å². The minimum atomic E-state index is -1.27. The predicted octanol–water partition coefficient (Wildman–Crippen LogP) is 1.12. The van der Waals surface area contributed by atoms with Crippen LogP contribution in [0.15, 0.2) is 23.2 Å². The summed E-state index contributed by atoms with van der Waals surface area (Å²) in [5, 5.41) is 22.4. The fourth-order valence-corrected chi connectivity index (χ4v) is 4.60. The highest BCUT2D eigenvalue weighted by Gasteiger charge is 2.38. The average molecular weight is 399 g/mol. The molecule has 1 aromatic carbocycles. The van der Waals surface area contributed by atoms with Crippen molar-refractivity contribution >= 4 is 25.3 Å². The second-order valence-corrected chi connectivity index (χ2v) is 8.12. The van der Waals surface area contributed by atoms with E-state index in [9.17, 15) is 19.7 Å². The van der Waals surface area contributed by atoms with Gasteiger partial charge in [0.25, 0.3) is 0 Å². The number of para-hydroxylation sites is 1. The van der Waals surface area contributed by atoms with E-state index >= 15 is 0 Å². The highest BCUT2D eigenvalue weighted by molar-refractivity contribution is 6.47. The topological polar surface area (TPSA) is 111 Å². The summed E-state index contributed by atoms with van der Waals surface area (Å²) in [5.74, 6) is -1.26. The van der Waals surface area contributed by atoms with Crippen LogP contribution in [0.5, 0.6) is 5.75 Å². The second-order valence-electron chi connectivity index (χ2n) is 8.12. The molecular formula is C20H26BN3O5. The largest absolute Gasteiger partial charge is 0.547 e. The predicted molar refractivity (Wildman–Crippen MR) is 108 cm³/mol. The summed E-state index contributed by atoms with van der Waals surface area (Å²) in [5.41, 5.74) is 0.694. The van der Waals surface area contributed by atoms with Crippen LogP contribution in [-0.4, -0.2) is 65.4 Å². The number of hydrogen-bond acceptors (Lipinski definition) is 6. The number of carboxylic acids is 1. The minimum absolute atomic E-state index is 0.0196. The lowest BCUT2D eigenvalue weighted by Crippen LogP contribution is -2.53. The van der Waals surface area contributed by atoms with E-state index in [4.69, 9.17) is 4.65 Å². The van der Waals surface area contributed by atoms with Gasteiger partial charge in [0.1, 0.15) is 5.75 Å². The number of aromatic carboxylic acids is 1. The lowest BCUT2D eigenvalue weighted by atomic mass is 9.72. The van der Waals surface area contributed by atoms with E-state index < -0.39 is 19.0 Å². The summed E-state index contributed by atoms with van der Waals surface area (Å²) >= 11 is 0.